The number of rotatable bonds is 10. The number of fused-ring (bicyclic) bond motifs is 10. The Hall–Kier alpha value is -9.24. The summed E-state index contributed by atoms with van der Waals surface area (Å²) in [6.07, 6.45) is 1.92. The second-order valence-corrected chi connectivity index (χ2v) is 36.2. The van der Waals surface area contributed by atoms with E-state index in [1.54, 1.807) is 0 Å². The van der Waals surface area contributed by atoms with Crippen molar-refractivity contribution in [2.24, 2.45) is 0 Å². The van der Waals surface area contributed by atoms with Gasteiger partial charge in [-0.05, 0) is 134 Å². The molecule has 3 aromatic heterocycles. The van der Waals surface area contributed by atoms with Crippen LogP contribution < -0.4 is 35.6 Å². The van der Waals surface area contributed by atoms with Gasteiger partial charge in [0, 0.05) is 50.0 Å². The van der Waals surface area contributed by atoms with Gasteiger partial charge in [-0.15, -0.1) is 35.7 Å². The molecule has 0 N–H and O–H groups in total. The maximum absolute atomic E-state index is 7.14. The largest absolute Gasteiger partial charge is 0.509 e. The van der Waals surface area contributed by atoms with Crippen LogP contribution in [-0.2, 0) is 31.9 Å². The second kappa shape index (κ2) is 22.9. The molecule has 4 heterocycles. The van der Waals surface area contributed by atoms with Crippen molar-refractivity contribution >= 4 is 119 Å². The van der Waals surface area contributed by atoms with Crippen molar-refractivity contribution in [3.8, 4) is 28.4 Å². The number of hydrogen-bond donors (Lipinski definition) is 0. The fourth-order valence-corrected chi connectivity index (χ4v) is 19.8. The number of nitrogens with zero attached hydrogens (tertiary/aromatic N) is 4. The molecule has 0 atom stereocenters. The van der Waals surface area contributed by atoms with E-state index < -0.39 is 16.1 Å². The minimum absolute atomic E-state index is 0. The Labute approximate surface area is 550 Å². The Morgan fingerprint density at radius 1 is 0.429 bits per heavy atom. The van der Waals surface area contributed by atoms with Crippen LogP contribution in [0.2, 0.25) is 19.6 Å². The van der Waals surface area contributed by atoms with Crippen molar-refractivity contribution in [1.82, 2.24) is 14.1 Å². The minimum atomic E-state index is -3.02. The zero-order chi connectivity index (χ0) is 61.7. The number of para-hydroxylation sites is 3. The molecule has 15 rings (SSSR count). The van der Waals surface area contributed by atoms with Crippen LogP contribution in [0.5, 0.6) is 11.5 Å². The van der Waals surface area contributed by atoms with Crippen molar-refractivity contribution < 1.29 is 25.8 Å². The summed E-state index contributed by atoms with van der Waals surface area (Å²) in [5.74, 6) is 2.09. The summed E-state index contributed by atoms with van der Waals surface area (Å²) >= 11 is 0. The van der Waals surface area contributed by atoms with E-state index in [1.807, 2.05) is 6.20 Å². The normalized spacial score (nSPS) is 12.6. The zero-order valence-electron chi connectivity index (χ0n) is 52.9. The number of benzene rings is 11. The van der Waals surface area contributed by atoms with Crippen LogP contribution >= 0.6 is 0 Å². The molecule has 0 saturated heterocycles. The Morgan fingerprint density at radius 3 is 1.56 bits per heavy atom. The average molecular weight is 1390 g/mol. The zero-order valence-corrected chi connectivity index (χ0v) is 57.2. The molecular weight excluding hydrogens is 1320 g/mol. The minimum Gasteiger partial charge on any atom is -0.509 e. The fraction of sp³-hybridized carbons (Fsp3) is 0.133. The molecule has 0 amide bonds. The number of ether oxygens (including phenoxy) is 1. The van der Waals surface area contributed by atoms with Gasteiger partial charge in [0.05, 0.1) is 8.07 Å². The summed E-state index contributed by atoms with van der Waals surface area (Å²) in [7, 11) is -5.05. The van der Waals surface area contributed by atoms with Gasteiger partial charge >= 0.3 is 0 Å². The van der Waals surface area contributed by atoms with Crippen molar-refractivity contribution in [1.29, 1.82) is 0 Å². The van der Waals surface area contributed by atoms with Crippen LogP contribution in [0, 0.1) is 18.8 Å². The molecule has 0 aliphatic carbocycles. The molecule has 1 aliphatic heterocycles. The van der Waals surface area contributed by atoms with E-state index in [0.717, 1.165) is 66.4 Å². The number of pyridine rings is 1. The first-order valence-electron chi connectivity index (χ1n) is 31.4. The molecule has 450 valence electrons. The number of anilines is 2. The van der Waals surface area contributed by atoms with E-state index in [2.05, 4.69) is 349 Å². The summed E-state index contributed by atoms with van der Waals surface area (Å²) in [5, 5.41) is 15.9. The molecule has 0 bridgehead atoms. The third kappa shape index (κ3) is 10.3. The van der Waals surface area contributed by atoms with Gasteiger partial charge < -0.3 is 18.8 Å². The van der Waals surface area contributed by atoms with E-state index >= 15 is 0 Å². The van der Waals surface area contributed by atoms with Crippen molar-refractivity contribution in [3.63, 3.8) is 0 Å². The maximum atomic E-state index is 7.14. The first-order chi connectivity index (χ1) is 43.5. The van der Waals surface area contributed by atoms with Crippen LogP contribution in [-0.4, -0.2) is 30.3 Å². The molecule has 91 heavy (non-hydrogen) atoms. The summed E-state index contributed by atoms with van der Waals surface area (Å²) < 4.78 is 11.9. The third-order valence-corrected chi connectivity index (χ3v) is 25.3. The molecule has 11 aromatic carbocycles. The van der Waals surface area contributed by atoms with E-state index in [1.165, 1.54) is 64.2 Å². The molecule has 0 radical (unpaired) electrons. The van der Waals surface area contributed by atoms with Crippen LogP contribution in [0.3, 0.4) is 0 Å². The molecule has 0 unspecified atom stereocenters. The summed E-state index contributed by atoms with van der Waals surface area (Å²) in [6, 6.07) is 103. The van der Waals surface area contributed by atoms with Crippen molar-refractivity contribution in [3.05, 3.63) is 291 Å². The van der Waals surface area contributed by atoms with Crippen LogP contribution in [0.15, 0.2) is 261 Å². The monoisotopic (exact) mass is 1390 g/mol. The van der Waals surface area contributed by atoms with Crippen molar-refractivity contribution in [2.75, 3.05) is 4.90 Å². The van der Waals surface area contributed by atoms with E-state index in [9.17, 15) is 0 Å². The van der Waals surface area contributed by atoms with E-state index in [-0.39, 0.29) is 31.9 Å². The van der Waals surface area contributed by atoms with Crippen LogP contribution in [0.1, 0.15) is 52.7 Å². The van der Waals surface area contributed by atoms with Gasteiger partial charge in [-0.3, -0.25) is 0 Å². The molecule has 8 heteroatoms. The van der Waals surface area contributed by atoms with Gasteiger partial charge in [-0.2, -0.15) is 11.3 Å². The quantitative estimate of drug-likeness (QED) is 0.0778. The van der Waals surface area contributed by atoms with Crippen LogP contribution in [0.4, 0.5) is 11.4 Å². The van der Waals surface area contributed by atoms with Gasteiger partial charge in [0.1, 0.15) is 5.82 Å². The van der Waals surface area contributed by atoms with Gasteiger partial charge in [-0.1, -0.05) is 279 Å². The number of hydrogen-bond acceptors (Lipinski definition) is 3. The topological polar surface area (TPSA) is 35.2 Å². The molecule has 0 saturated carbocycles. The maximum Gasteiger partial charge on any atom is 0.179 e. The molecule has 1 aliphatic rings. The molecule has 14 aromatic rings. The average Bonchev–Trinajstić information content (AvgIpc) is 1.71. The third-order valence-electron chi connectivity index (χ3n) is 18.5. The Kier molecular flexibility index (Phi) is 15.0. The SMILES string of the molecule is CC(C)(C)c1cc(-c2cccc3c4ccccc4c4ccccc4c4cccc5c4n(c23)[CH-]N5c2[c-]c(Oc3[c-]c4c(cc3)c3ccccc3n4-c3cc(C(C)(C)C)ccn3)cc([Si](C)(C)C)c2)cc([Si](c2ccccc2)(c2ccccc2)c2ccccc2)c1.[Pt]. The smallest absolute Gasteiger partial charge is 0.179 e. The molecular formula is C83H71N4OPtSi2-3. The van der Waals surface area contributed by atoms with E-state index in [0.29, 0.717) is 11.5 Å². The van der Waals surface area contributed by atoms with Gasteiger partial charge in [-0.25, -0.2) is 4.98 Å². The standard InChI is InChI=1S/C83H71N4OSi2.Pt/c1-82(2,3)57-45-46-84-79(50-57)87-76-41-24-23-37-72(76)73-44-43-60(54-78(73)87)88-61-51-59(52-65(53-61)89(7,8)9)85-55-86-80-67(38-25-39-74(80)70-35-21-19-33-68(70)69-34-20-22-36-71(69)75-40-26-42-77(85)81(75)86)56-47-58(83(4,5)6)49-66(48-56)90(62-27-13-10-14-28-62,63-29-15-11-16-30-63)64-31-17-12-18-32-64;/h10-50,52-53,55H,1-9H3;/q-3;. The van der Waals surface area contributed by atoms with Crippen molar-refractivity contribution in [2.45, 2.75) is 72.0 Å². The summed E-state index contributed by atoms with van der Waals surface area (Å²) in [4.78, 5) is 7.33. The predicted octanol–water partition coefficient (Wildman–Crippen LogP) is 18.4. The first-order valence-corrected chi connectivity index (χ1v) is 36.9. The Morgan fingerprint density at radius 2 is 0.967 bits per heavy atom. The second-order valence-electron chi connectivity index (χ2n) is 27.3. The summed E-state index contributed by atoms with van der Waals surface area (Å²) in [5.41, 5.74) is 10.7. The van der Waals surface area contributed by atoms with Gasteiger partial charge in [0.2, 0.25) is 0 Å². The molecule has 0 spiro atoms. The van der Waals surface area contributed by atoms with Crippen LogP contribution in [0.25, 0.3) is 82.1 Å². The Bertz CT molecular complexity index is 5110. The number of aromatic nitrogens is 3. The molecule has 5 nitrogen and oxygen atoms in total. The van der Waals surface area contributed by atoms with Gasteiger partial charge in [0.15, 0.2) is 8.07 Å². The molecule has 0 fully saturated rings. The predicted molar refractivity (Wildman–Crippen MR) is 386 cm³/mol. The van der Waals surface area contributed by atoms with E-state index in [4.69, 9.17) is 9.72 Å². The summed E-state index contributed by atoms with van der Waals surface area (Å²) in [6.45, 7) is 23.4. The fourth-order valence-electron chi connectivity index (χ4n) is 13.9. The first kappa shape index (κ1) is 59.4. The Balaban J connectivity index is 0.00000721. The van der Waals surface area contributed by atoms with Gasteiger partial charge in [0.25, 0.3) is 0 Å².